The Bertz CT molecular complexity index is 262. The fraction of sp³-hybridized carbons (Fsp3) is 0.842. The van der Waals surface area contributed by atoms with Gasteiger partial charge in [-0.15, -0.1) is 0 Å². The Morgan fingerprint density at radius 1 is 0.909 bits per heavy atom. The Kier molecular flexibility index (Phi) is 17.6. The predicted octanol–water partition coefficient (Wildman–Crippen LogP) is 3.93. The van der Waals surface area contributed by atoms with Gasteiger partial charge in [-0.25, -0.2) is 0 Å². The number of aliphatic carboxylic acids is 1. The van der Waals surface area contributed by atoms with E-state index in [1.54, 1.807) is 13.0 Å². The first kappa shape index (κ1) is 23.4. The lowest BCUT2D eigenvalue weighted by atomic mass is 10.1. The van der Waals surface area contributed by atoms with Crippen molar-refractivity contribution in [2.75, 3.05) is 26.2 Å². The fourth-order valence-electron chi connectivity index (χ4n) is 2.59. The third kappa shape index (κ3) is 14.1. The molecule has 0 saturated carbocycles. The maximum absolute atomic E-state index is 9.60. The molecule has 132 valence electrons. The number of carboxylic acid groups (broad SMARTS) is 1. The van der Waals surface area contributed by atoms with E-state index >= 15 is 0 Å². The van der Waals surface area contributed by atoms with Crippen LogP contribution >= 0.6 is 0 Å². The Morgan fingerprint density at radius 3 is 1.77 bits per heavy atom. The highest BCUT2D eigenvalue weighted by atomic mass is 16.4. The minimum atomic E-state index is -1.03. The zero-order chi connectivity index (χ0) is 17.3. The molecule has 0 aromatic carbocycles. The van der Waals surface area contributed by atoms with Crippen molar-refractivity contribution in [3.8, 4) is 0 Å². The van der Waals surface area contributed by atoms with Gasteiger partial charge in [0.05, 0.1) is 26.2 Å². The molecule has 0 heterocycles. The third-order valence-corrected chi connectivity index (χ3v) is 4.52. The summed E-state index contributed by atoms with van der Waals surface area (Å²) >= 11 is 0. The zero-order valence-corrected chi connectivity index (χ0v) is 15.7. The Hall–Kier alpha value is -0.830. The van der Waals surface area contributed by atoms with Crippen LogP contribution in [-0.4, -0.2) is 36.6 Å². The Balaban J connectivity index is 0. The van der Waals surface area contributed by atoms with Crippen LogP contribution in [0.2, 0.25) is 0 Å². The standard InChI is InChI=1S/C14H32N.C5H8O2/c1-5-9-10-11-12-13-14-15(6-2,7-3)8-4;1-2-3-4-5(6)7/h5-14H2,1-4H3;2-3H,4H2,1H3,(H,6,7)/q+1;/p-1/b;3-2+. The van der Waals surface area contributed by atoms with Crippen LogP contribution in [-0.2, 0) is 4.79 Å². The van der Waals surface area contributed by atoms with Crippen molar-refractivity contribution in [1.82, 2.24) is 0 Å². The molecule has 0 spiro atoms. The van der Waals surface area contributed by atoms with Crippen LogP contribution in [0.5, 0.6) is 0 Å². The Morgan fingerprint density at radius 2 is 1.41 bits per heavy atom. The van der Waals surface area contributed by atoms with E-state index in [4.69, 9.17) is 0 Å². The molecule has 0 unspecified atom stereocenters. The monoisotopic (exact) mass is 313 g/mol. The topological polar surface area (TPSA) is 40.1 Å². The average molecular weight is 314 g/mol. The van der Waals surface area contributed by atoms with E-state index in [0.717, 1.165) is 0 Å². The molecule has 0 aliphatic rings. The predicted molar refractivity (Wildman–Crippen MR) is 94.6 cm³/mol. The minimum Gasteiger partial charge on any atom is -0.550 e. The van der Waals surface area contributed by atoms with Crippen LogP contribution in [0.25, 0.3) is 0 Å². The Labute approximate surface area is 139 Å². The summed E-state index contributed by atoms with van der Waals surface area (Å²) < 4.78 is 1.33. The van der Waals surface area contributed by atoms with Crippen LogP contribution in [0.4, 0.5) is 0 Å². The second-order valence-electron chi connectivity index (χ2n) is 5.93. The maximum Gasteiger partial charge on any atom is 0.0786 e. The van der Waals surface area contributed by atoms with Gasteiger partial charge < -0.3 is 14.4 Å². The fourth-order valence-corrected chi connectivity index (χ4v) is 2.59. The minimum absolute atomic E-state index is 0.0243. The molecule has 0 aromatic rings. The normalized spacial score (nSPS) is 11.3. The molecular weight excluding hydrogens is 274 g/mol. The molecular formula is C19H39NO2. The summed E-state index contributed by atoms with van der Waals surface area (Å²) in [5, 5.41) is 9.60. The van der Waals surface area contributed by atoms with Gasteiger partial charge in [0, 0.05) is 12.4 Å². The molecule has 0 saturated heterocycles. The maximum atomic E-state index is 9.60. The number of hydrogen-bond donors (Lipinski definition) is 0. The highest BCUT2D eigenvalue weighted by Crippen LogP contribution is 2.11. The SMILES string of the molecule is C/C=C/CC(=O)[O-].CCCCCCCC[N+](CC)(CC)CC. The van der Waals surface area contributed by atoms with E-state index in [-0.39, 0.29) is 6.42 Å². The first-order valence-electron chi connectivity index (χ1n) is 9.17. The highest BCUT2D eigenvalue weighted by molar-refractivity contribution is 5.66. The van der Waals surface area contributed by atoms with Gasteiger partial charge in [-0.1, -0.05) is 44.8 Å². The number of quaternary nitrogens is 1. The molecule has 0 bridgehead atoms. The van der Waals surface area contributed by atoms with Crippen molar-refractivity contribution in [2.45, 2.75) is 79.6 Å². The van der Waals surface area contributed by atoms with Gasteiger partial charge in [-0.05, 0) is 40.5 Å². The van der Waals surface area contributed by atoms with E-state index in [2.05, 4.69) is 27.7 Å². The van der Waals surface area contributed by atoms with E-state index in [1.165, 1.54) is 75.3 Å². The van der Waals surface area contributed by atoms with Crippen molar-refractivity contribution in [2.24, 2.45) is 0 Å². The summed E-state index contributed by atoms with van der Waals surface area (Å²) in [6, 6.07) is 0. The van der Waals surface area contributed by atoms with E-state index in [1.807, 2.05) is 0 Å². The summed E-state index contributed by atoms with van der Waals surface area (Å²) in [4.78, 5) is 9.60. The van der Waals surface area contributed by atoms with Gasteiger partial charge in [-0.2, -0.15) is 0 Å². The zero-order valence-electron chi connectivity index (χ0n) is 15.7. The molecule has 0 fully saturated rings. The lowest BCUT2D eigenvalue weighted by Gasteiger charge is -2.35. The first-order valence-corrected chi connectivity index (χ1v) is 9.17. The molecule has 0 aliphatic carbocycles. The van der Waals surface area contributed by atoms with Crippen molar-refractivity contribution < 1.29 is 14.4 Å². The highest BCUT2D eigenvalue weighted by Gasteiger charge is 2.19. The summed E-state index contributed by atoms with van der Waals surface area (Å²) in [6.45, 7) is 16.4. The van der Waals surface area contributed by atoms with Crippen LogP contribution < -0.4 is 5.11 Å². The van der Waals surface area contributed by atoms with E-state index < -0.39 is 5.97 Å². The van der Waals surface area contributed by atoms with Gasteiger partial charge in [-0.3, -0.25) is 0 Å². The van der Waals surface area contributed by atoms with Crippen molar-refractivity contribution >= 4 is 5.97 Å². The number of unbranched alkanes of at least 4 members (excludes halogenated alkanes) is 5. The molecule has 0 atom stereocenters. The second-order valence-corrected chi connectivity index (χ2v) is 5.93. The van der Waals surface area contributed by atoms with Crippen molar-refractivity contribution in [3.05, 3.63) is 12.2 Å². The largest absolute Gasteiger partial charge is 0.550 e. The van der Waals surface area contributed by atoms with E-state index in [9.17, 15) is 9.90 Å². The van der Waals surface area contributed by atoms with Crippen molar-refractivity contribution in [1.29, 1.82) is 0 Å². The number of rotatable bonds is 12. The molecule has 0 radical (unpaired) electrons. The van der Waals surface area contributed by atoms with Crippen LogP contribution in [0.15, 0.2) is 12.2 Å². The van der Waals surface area contributed by atoms with Crippen LogP contribution in [0.3, 0.4) is 0 Å². The molecule has 0 rings (SSSR count). The number of nitrogens with zero attached hydrogens (tertiary/aromatic N) is 1. The number of allylic oxidation sites excluding steroid dienone is 1. The smallest absolute Gasteiger partial charge is 0.0786 e. The molecule has 3 nitrogen and oxygen atoms in total. The third-order valence-electron chi connectivity index (χ3n) is 4.52. The number of carbonyl (C=O) groups excluding carboxylic acids is 1. The van der Waals surface area contributed by atoms with Gasteiger partial charge in [0.2, 0.25) is 0 Å². The van der Waals surface area contributed by atoms with Gasteiger partial charge >= 0.3 is 0 Å². The van der Waals surface area contributed by atoms with Gasteiger partial charge in [0.1, 0.15) is 0 Å². The summed E-state index contributed by atoms with van der Waals surface area (Å²) in [6.07, 6.45) is 11.8. The second kappa shape index (κ2) is 16.5. The van der Waals surface area contributed by atoms with Crippen LogP contribution in [0.1, 0.15) is 79.6 Å². The molecule has 3 heteroatoms. The molecule has 0 amide bonds. The average Bonchev–Trinajstić information content (AvgIpc) is 2.53. The summed E-state index contributed by atoms with van der Waals surface area (Å²) in [7, 11) is 0. The van der Waals surface area contributed by atoms with E-state index in [0.29, 0.717) is 0 Å². The van der Waals surface area contributed by atoms with Crippen LogP contribution in [0, 0.1) is 0 Å². The summed E-state index contributed by atoms with van der Waals surface area (Å²) in [5.41, 5.74) is 0. The lowest BCUT2D eigenvalue weighted by Crippen LogP contribution is -2.48. The first-order chi connectivity index (χ1) is 10.5. The molecule has 0 N–H and O–H groups in total. The van der Waals surface area contributed by atoms with Gasteiger partial charge in [0.25, 0.3) is 0 Å². The molecule has 22 heavy (non-hydrogen) atoms. The number of carbonyl (C=O) groups is 1. The molecule has 0 aromatic heterocycles. The number of carboxylic acids is 1. The quantitative estimate of drug-likeness (QED) is 0.311. The van der Waals surface area contributed by atoms with Gasteiger partial charge in [0.15, 0.2) is 0 Å². The van der Waals surface area contributed by atoms with Crippen molar-refractivity contribution in [3.63, 3.8) is 0 Å². The lowest BCUT2D eigenvalue weighted by molar-refractivity contribution is -0.923. The molecule has 0 aliphatic heterocycles. The summed E-state index contributed by atoms with van der Waals surface area (Å²) in [5.74, 6) is -1.03. The number of hydrogen-bond acceptors (Lipinski definition) is 2.